The van der Waals surface area contributed by atoms with Crippen molar-refractivity contribution in [3.63, 3.8) is 0 Å². The lowest BCUT2D eigenvalue weighted by Crippen LogP contribution is -2.27. The van der Waals surface area contributed by atoms with E-state index in [0.29, 0.717) is 18.8 Å². The lowest BCUT2D eigenvalue weighted by atomic mass is 10.1. The van der Waals surface area contributed by atoms with E-state index in [1.165, 1.54) is 6.08 Å². The largest absolute Gasteiger partial charge is 0.496 e. The Labute approximate surface area is 123 Å². The van der Waals surface area contributed by atoms with Crippen molar-refractivity contribution in [2.24, 2.45) is 5.92 Å². The number of carboxylic acid groups (broad SMARTS) is 1. The second kappa shape index (κ2) is 6.92. The van der Waals surface area contributed by atoms with E-state index in [9.17, 15) is 9.59 Å². The topological polar surface area (TPSA) is 66.8 Å². The lowest BCUT2D eigenvalue weighted by Gasteiger charge is -2.13. The monoisotopic (exact) mass is 289 g/mol. The van der Waals surface area contributed by atoms with Gasteiger partial charge in [-0.25, -0.2) is 0 Å². The normalized spacial score (nSPS) is 18.1. The van der Waals surface area contributed by atoms with Crippen molar-refractivity contribution in [2.75, 3.05) is 20.2 Å². The molecule has 1 aromatic carbocycles. The molecule has 21 heavy (non-hydrogen) atoms. The molecule has 1 atom stereocenters. The number of likely N-dealkylation sites (tertiary alicyclic amines) is 1. The number of nitrogens with zero attached hydrogens (tertiary/aromatic N) is 1. The molecular weight excluding hydrogens is 270 g/mol. The molecule has 0 spiro atoms. The molecule has 5 heteroatoms. The highest BCUT2D eigenvalue weighted by Crippen LogP contribution is 2.21. The second-order valence-electron chi connectivity index (χ2n) is 5.11. The summed E-state index contributed by atoms with van der Waals surface area (Å²) in [6, 6.07) is 7.46. The fourth-order valence-corrected chi connectivity index (χ4v) is 2.52. The van der Waals surface area contributed by atoms with Gasteiger partial charge in [0.2, 0.25) is 5.91 Å². The van der Waals surface area contributed by atoms with Crippen molar-refractivity contribution in [3.05, 3.63) is 35.9 Å². The van der Waals surface area contributed by atoms with E-state index in [4.69, 9.17) is 9.84 Å². The highest BCUT2D eigenvalue weighted by molar-refractivity contribution is 5.92. The minimum Gasteiger partial charge on any atom is -0.496 e. The van der Waals surface area contributed by atoms with Crippen molar-refractivity contribution < 1.29 is 19.4 Å². The molecule has 0 aromatic heterocycles. The van der Waals surface area contributed by atoms with Crippen LogP contribution in [0.3, 0.4) is 0 Å². The first-order chi connectivity index (χ1) is 10.1. The van der Waals surface area contributed by atoms with Crippen molar-refractivity contribution in [3.8, 4) is 5.75 Å². The summed E-state index contributed by atoms with van der Waals surface area (Å²) >= 11 is 0. The van der Waals surface area contributed by atoms with Gasteiger partial charge in [-0.05, 0) is 24.5 Å². The Balaban J connectivity index is 1.96. The number of ether oxygens (including phenoxy) is 1. The SMILES string of the molecule is COc1ccccc1C=CC(=O)N1CCC(CC(=O)O)C1. The van der Waals surface area contributed by atoms with Gasteiger partial charge in [0.05, 0.1) is 7.11 Å². The van der Waals surface area contributed by atoms with Gasteiger partial charge in [0, 0.05) is 31.1 Å². The summed E-state index contributed by atoms with van der Waals surface area (Å²) in [6.45, 7) is 1.13. The maximum Gasteiger partial charge on any atom is 0.303 e. The Morgan fingerprint density at radius 2 is 2.19 bits per heavy atom. The number of benzene rings is 1. The summed E-state index contributed by atoms with van der Waals surface area (Å²) in [5.74, 6) is -0.120. The quantitative estimate of drug-likeness (QED) is 0.842. The molecule has 1 saturated heterocycles. The number of amides is 1. The molecule has 5 nitrogen and oxygen atoms in total. The zero-order valence-corrected chi connectivity index (χ0v) is 12.0. The maximum atomic E-state index is 12.1. The Kier molecular flexibility index (Phi) is 4.98. The predicted molar refractivity (Wildman–Crippen MR) is 79.0 cm³/mol. The molecule has 1 heterocycles. The first-order valence-corrected chi connectivity index (χ1v) is 6.92. The van der Waals surface area contributed by atoms with E-state index in [0.717, 1.165) is 12.0 Å². The van der Waals surface area contributed by atoms with Crippen LogP contribution in [-0.2, 0) is 9.59 Å². The van der Waals surface area contributed by atoms with Crippen LogP contribution in [0.2, 0.25) is 0 Å². The number of para-hydroxylation sites is 1. The standard InChI is InChI=1S/C16H19NO4/c1-21-14-5-3-2-4-13(14)6-7-15(18)17-9-8-12(11-17)10-16(19)20/h2-7,12H,8-11H2,1H3,(H,19,20). The third kappa shape index (κ3) is 4.08. The van der Waals surface area contributed by atoms with Gasteiger partial charge >= 0.3 is 5.97 Å². The number of carboxylic acids is 1. The molecule has 0 aliphatic carbocycles. The van der Waals surface area contributed by atoms with Crippen molar-refractivity contribution in [1.29, 1.82) is 0 Å². The molecular formula is C16H19NO4. The number of methoxy groups -OCH3 is 1. The molecule has 2 rings (SSSR count). The molecule has 1 unspecified atom stereocenters. The van der Waals surface area contributed by atoms with Gasteiger partial charge in [-0.3, -0.25) is 9.59 Å². The summed E-state index contributed by atoms with van der Waals surface area (Å²) < 4.78 is 5.22. The van der Waals surface area contributed by atoms with E-state index in [2.05, 4.69) is 0 Å². The fourth-order valence-electron chi connectivity index (χ4n) is 2.52. The van der Waals surface area contributed by atoms with Gasteiger partial charge < -0.3 is 14.7 Å². The highest BCUT2D eigenvalue weighted by atomic mass is 16.5. The van der Waals surface area contributed by atoms with Crippen molar-refractivity contribution >= 4 is 18.0 Å². The zero-order chi connectivity index (χ0) is 15.2. The van der Waals surface area contributed by atoms with Crippen LogP contribution < -0.4 is 4.74 Å². The third-order valence-corrected chi connectivity index (χ3v) is 3.61. The van der Waals surface area contributed by atoms with Crippen LogP contribution in [0, 0.1) is 5.92 Å². The van der Waals surface area contributed by atoms with Crippen LogP contribution in [0.4, 0.5) is 0 Å². The molecule has 112 valence electrons. The lowest BCUT2D eigenvalue weighted by molar-refractivity contribution is -0.138. The van der Waals surface area contributed by atoms with Crippen LogP contribution in [-0.4, -0.2) is 42.1 Å². The minimum atomic E-state index is -0.807. The van der Waals surface area contributed by atoms with Gasteiger partial charge in [-0.1, -0.05) is 18.2 Å². The van der Waals surface area contributed by atoms with Gasteiger partial charge in [0.15, 0.2) is 0 Å². The van der Waals surface area contributed by atoms with Crippen molar-refractivity contribution in [2.45, 2.75) is 12.8 Å². The van der Waals surface area contributed by atoms with Crippen LogP contribution >= 0.6 is 0 Å². The molecule has 0 radical (unpaired) electrons. The minimum absolute atomic E-state index is 0.0612. The zero-order valence-electron chi connectivity index (χ0n) is 12.0. The maximum absolute atomic E-state index is 12.1. The molecule has 1 N–H and O–H groups in total. The predicted octanol–water partition coefficient (Wildman–Crippen LogP) is 2.03. The Morgan fingerprint density at radius 3 is 2.90 bits per heavy atom. The smallest absolute Gasteiger partial charge is 0.303 e. The molecule has 0 bridgehead atoms. The Morgan fingerprint density at radius 1 is 1.43 bits per heavy atom. The first kappa shape index (κ1) is 15.1. The van der Waals surface area contributed by atoms with E-state index >= 15 is 0 Å². The number of aliphatic carboxylic acids is 1. The van der Waals surface area contributed by atoms with Gasteiger partial charge in [-0.15, -0.1) is 0 Å². The van der Waals surface area contributed by atoms with Crippen LogP contribution in [0.15, 0.2) is 30.3 Å². The molecule has 1 aromatic rings. The van der Waals surface area contributed by atoms with E-state index in [1.54, 1.807) is 18.1 Å². The summed E-state index contributed by atoms with van der Waals surface area (Å²) in [6.07, 6.45) is 4.12. The average Bonchev–Trinajstić information content (AvgIpc) is 2.92. The van der Waals surface area contributed by atoms with E-state index in [-0.39, 0.29) is 18.2 Å². The first-order valence-electron chi connectivity index (χ1n) is 6.92. The molecule has 1 aliphatic rings. The number of carbonyl (C=O) groups is 2. The van der Waals surface area contributed by atoms with Crippen molar-refractivity contribution in [1.82, 2.24) is 4.90 Å². The molecule has 0 saturated carbocycles. The summed E-state index contributed by atoms with van der Waals surface area (Å²) in [4.78, 5) is 24.5. The number of hydrogen-bond acceptors (Lipinski definition) is 3. The molecule has 1 aliphatic heterocycles. The van der Waals surface area contributed by atoms with Crippen LogP contribution in [0.5, 0.6) is 5.75 Å². The number of rotatable bonds is 5. The fraction of sp³-hybridized carbons (Fsp3) is 0.375. The Bertz CT molecular complexity index is 553. The van der Waals surface area contributed by atoms with E-state index in [1.807, 2.05) is 24.3 Å². The molecule has 1 fully saturated rings. The van der Waals surface area contributed by atoms with Crippen LogP contribution in [0.1, 0.15) is 18.4 Å². The summed E-state index contributed by atoms with van der Waals surface area (Å²) in [5, 5.41) is 8.78. The van der Waals surface area contributed by atoms with Gasteiger partial charge in [0.1, 0.15) is 5.75 Å². The van der Waals surface area contributed by atoms with Crippen LogP contribution in [0.25, 0.3) is 6.08 Å². The third-order valence-electron chi connectivity index (χ3n) is 3.61. The number of hydrogen-bond donors (Lipinski definition) is 1. The average molecular weight is 289 g/mol. The van der Waals surface area contributed by atoms with Gasteiger partial charge in [0.25, 0.3) is 0 Å². The summed E-state index contributed by atoms with van der Waals surface area (Å²) in [7, 11) is 1.59. The highest BCUT2D eigenvalue weighted by Gasteiger charge is 2.26. The van der Waals surface area contributed by atoms with Gasteiger partial charge in [-0.2, -0.15) is 0 Å². The second-order valence-corrected chi connectivity index (χ2v) is 5.11. The Hall–Kier alpha value is -2.30. The summed E-state index contributed by atoms with van der Waals surface area (Å²) in [5.41, 5.74) is 0.842. The number of carbonyl (C=O) groups excluding carboxylic acids is 1. The molecule has 1 amide bonds. The van der Waals surface area contributed by atoms with E-state index < -0.39 is 5.97 Å².